The molecule has 90 valence electrons. The Morgan fingerprint density at radius 2 is 1.73 bits per heavy atom. The largest absolute Gasteiger partial charge is 0.374 e. The third-order valence-corrected chi connectivity index (χ3v) is 3.73. The second kappa shape index (κ2) is 6.52. The number of unbranched alkanes of at least 4 members (excludes halogenated alkanes) is 2. The summed E-state index contributed by atoms with van der Waals surface area (Å²) in [5, 5.41) is 0. The van der Waals surface area contributed by atoms with Crippen molar-refractivity contribution in [1.29, 1.82) is 0 Å². The molecule has 0 saturated carbocycles. The highest BCUT2D eigenvalue weighted by atomic mass is 16.5. The van der Waals surface area contributed by atoms with Crippen LogP contribution in [0.5, 0.6) is 0 Å². The molecule has 0 spiro atoms. The first-order chi connectivity index (χ1) is 7.15. The van der Waals surface area contributed by atoms with Gasteiger partial charge in [-0.05, 0) is 31.1 Å². The molecule has 3 atom stereocenters. The van der Waals surface area contributed by atoms with Crippen LogP contribution in [0.4, 0.5) is 0 Å². The predicted octanol–water partition coefficient (Wildman–Crippen LogP) is 4.41. The van der Waals surface area contributed by atoms with E-state index in [2.05, 4.69) is 27.7 Å². The molecule has 0 bridgehead atoms. The van der Waals surface area contributed by atoms with Crippen molar-refractivity contribution in [3.8, 4) is 0 Å². The molecule has 1 heteroatoms. The molecule has 0 amide bonds. The Balaban J connectivity index is 2.21. The summed E-state index contributed by atoms with van der Waals surface area (Å²) in [6, 6.07) is 0. The van der Waals surface area contributed by atoms with E-state index in [-0.39, 0.29) is 0 Å². The molecule has 0 unspecified atom stereocenters. The average molecular weight is 212 g/mol. The van der Waals surface area contributed by atoms with Crippen molar-refractivity contribution >= 4 is 0 Å². The van der Waals surface area contributed by atoms with Crippen LogP contribution in [0.2, 0.25) is 0 Å². The van der Waals surface area contributed by atoms with E-state index >= 15 is 0 Å². The van der Waals surface area contributed by atoms with Crippen LogP contribution < -0.4 is 0 Å². The van der Waals surface area contributed by atoms with Crippen molar-refractivity contribution in [3.05, 3.63) is 0 Å². The predicted molar refractivity (Wildman–Crippen MR) is 66.0 cm³/mol. The summed E-state index contributed by atoms with van der Waals surface area (Å²) in [5.41, 5.74) is 0. The fourth-order valence-corrected chi connectivity index (χ4v) is 2.50. The highest BCUT2D eigenvalue weighted by Gasteiger charge is 2.30. The molecule has 0 aromatic heterocycles. The minimum absolute atomic E-state index is 0.531. The molecule has 0 aromatic carbocycles. The lowest BCUT2D eigenvalue weighted by Crippen LogP contribution is -2.21. The van der Waals surface area contributed by atoms with Crippen molar-refractivity contribution in [2.24, 2.45) is 11.8 Å². The number of rotatable bonds is 6. The van der Waals surface area contributed by atoms with Crippen LogP contribution in [0, 0.1) is 11.8 Å². The van der Waals surface area contributed by atoms with Gasteiger partial charge in [0.05, 0.1) is 12.2 Å². The zero-order valence-electron chi connectivity index (χ0n) is 11.0. The van der Waals surface area contributed by atoms with Crippen LogP contribution >= 0.6 is 0 Å². The molecule has 1 nitrogen and oxygen atoms in total. The van der Waals surface area contributed by atoms with Gasteiger partial charge in [0, 0.05) is 0 Å². The lowest BCUT2D eigenvalue weighted by Gasteiger charge is -2.21. The van der Waals surface area contributed by atoms with Crippen molar-refractivity contribution < 1.29 is 4.74 Å². The lowest BCUT2D eigenvalue weighted by molar-refractivity contribution is -0.00804. The van der Waals surface area contributed by atoms with E-state index in [0.717, 1.165) is 5.92 Å². The zero-order valence-corrected chi connectivity index (χ0v) is 11.0. The van der Waals surface area contributed by atoms with Gasteiger partial charge in [0.15, 0.2) is 0 Å². The van der Waals surface area contributed by atoms with Crippen LogP contribution in [-0.4, -0.2) is 12.2 Å². The van der Waals surface area contributed by atoms with Gasteiger partial charge in [-0.1, -0.05) is 47.0 Å². The first-order valence-corrected chi connectivity index (χ1v) is 6.80. The van der Waals surface area contributed by atoms with E-state index in [9.17, 15) is 0 Å². The van der Waals surface area contributed by atoms with Crippen LogP contribution in [-0.2, 0) is 4.74 Å². The van der Waals surface area contributed by atoms with Gasteiger partial charge in [-0.3, -0.25) is 0 Å². The van der Waals surface area contributed by atoms with E-state index < -0.39 is 0 Å². The summed E-state index contributed by atoms with van der Waals surface area (Å²) in [4.78, 5) is 0. The van der Waals surface area contributed by atoms with E-state index in [0.29, 0.717) is 18.1 Å². The molecule has 1 fully saturated rings. The SMILES string of the molecule is CCCCC[C@H](C)[C@@H]1CC[C@@H](C(C)C)O1. The number of hydrogen-bond donors (Lipinski definition) is 0. The molecule has 0 aromatic rings. The Labute approximate surface area is 95.6 Å². The third-order valence-electron chi connectivity index (χ3n) is 3.73. The maximum absolute atomic E-state index is 6.12. The number of hydrogen-bond acceptors (Lipinski definition) is 1. The van der Waals surface area contributed by atoms with Gasteiger partial charge in [-0.2, -0.15) is 0 Å². The first kappa shape index (κ1) is 13.0. The van der Waals surface area contributed by atoms with Gasteiger partial charge in [0.1, 0.15) is 0 Å². The summed E-state index contributed by atoms with van der Waals surface area (Å²) in [6.07, 6.45) is 9.08. The molecule has 1 aliphatic heterocycles. The maximum atomic E-state index is 6.12. The molecule has 0 aliphatic carbocycles. The highest BCUT2D eigenvalue weighted by molar-refractivity contribution is 4.79. The Bertz CT molecular complexity index is 165. The zero-order chi connectivity index (χ0) is 11.3. The van der Waals surface area contributed by atoms with E-state index in [1.165, 1.54) is 38.5 Å². The fraction of sp³-hybridized carbons (Fsp3) is 1.00. The third kappa shape index (κ3) is 4.14. The van der Waals surface area contributed by atoms with Crippen molar-refractivity contribution in [3.63, 3.8) is 0 Å². The standard InChI is InChI=1S/C14H28O/c1-5-6-7-8-12(4)14-10-9-13(15-14)11(2)3/h11-14H,5-10H2,1-4H3/t12-,13-,14-/m0/s1. The summed E-state index contributed by atoms with van der Waals surface area (Å²) in [5.74, 6) is 1.46. The van der Waals surface area contributed by atoms with Gasteiger partial charge in [0.25, 0.3) is 0 Å². The first-order valence-electron chi connectivity index (χ1n) is 6.80. The quantitative estimate of drug-likeness (QED) is 0.593. The van der Waals surface area contributed by atoms with E-state index in [4.69, 9.17) is 4.74 Å². The second-order valence-electron chi connectivity index (χ2n) is 5.51. The van der Waals surface area contributed by atoms with Crippen LogP contribution in [0.1, 0.15) is 66.2 Å². The van der Waals surface area contributed by atoms with Gasteiger partial charge in [0.2, 0.25) is 0 Å². The van der Waals surface area contributed by atoms with Crippen LogP contribution in [0.3, 0.4) is 0 Å². The Morgan fingerprint density at radius 3 is 2.27 bits per heavy atom. The molecular weight excluding hydrogens is 184 g/mol. The maximum Gasteiger partial charge on any atom is 0.0605 e. The molecule has 15 heavy (non-hydrogen) atoms. The Kier molecular flexibility index (Phi) is 5.66. The minimum atomic E-state index is 0.531. The monoisotopic (exact) mass is 212 g/mol. The second-order valence-corrected chi connectivity index (χ2v) is 5.51. The lowest BCUT2D eigenvalue weighted by atomic mass is 9.95. The van der Waals surface area contributed by atoms with E-state index in [1.807, 2.05) is 0 Å². The molecule has 1 rings (SSSR count). The van der Waals surface area contributed by atoms with Crippen molar-refractivity contribution in [1.82, 2.24) is 0 Å². The van der Waals surface area contributed by atoms with Gasteiger partial charge in [-0.15, -0.1) is 0 Å². The molecule has 1 saturated heterocycles. The Morgan fingerprint density at radius 1 is 1.07 bits per heavy atom. The van der Waals surface area contributed by atoms with Gasteiger partial charge in [-0.25, -0.2) is 0 Å². The average Bonchev–Trinajstić information content (AvgIpc) is 2.66. The van der Waals surface area contributed by atoms with Gasteiger partial charge >= 0.3 is 0 Å². The summed E-state index contributed by atoms with van der Waals surface area (Å²) in [6.45, 7) is 9.18. The molecule has 1 aliphatic rings. The normalized spacial score (nSPS) is 28.6. The minimum Gasteiger partial charge on any atom is -0.374 e. The molecule has 1 heterocycles. The van der Waals surface area contributed by atoms with Crippen LogP contribution in [0.15, 0.2) is 0 Å². The van der Waals surface area contributed by atoms with Crippen molar-refractivity contribution in [2.75, 3.05) is 0 Å². The molecular formula is C14H28O. The van der Waals surface area contributed by atoms with E-state index in [1.54, 1.807) is 0 Å². The fourth-order valence-electron chi connectivity index (χ4n) is 2.50. The smallest absolute Gasteiger partial charge is 0.0605 e. The molecule has 0 N–H and O–H groups in total. The van der Waals surface area contributed by atoms with Gasteiger partial charge < -0.3 is 4.74 Å². The molecule has 0 radical (unpaired) electrons. The summed E-state index contributed by atoms with van der Waals surface area (Å²) < 4.78 is 6.12. The Hall–Kier alpha value is -0.0400. The number of ether oxygens (including phenoxy) is 1. The topological polar surface area (TPSA) is 9.23 Å². The van der Waals surface area contributed by atoms with Crippen LogP contribution in [0.25, 0.3) is 0 Å². The van der Waals surface area contributed by atoms with Crippen molar-refractivity contribution in [2.45, 2.75) is 78.4 Å². The summed E-state index contributed by atoms with van der Waals surface area (Å²) >= 11 is 0. The summed E-state index contributed by atoms with van der Waals surface area (Å²) in [7, 11) is 0. The highest BCUT2D eigenvalue weighted by Crippen LogP contribution is 2.31.